The zero-order chi connectivity index (χ0) is 13.8. The Balaban J connectivity index is 2.04. The predicted octanol–water partition coefficient (Wildman–Crippen LogP) is 6.77. The highest BCUT2D eigenvalue weighted by Gasteiger charge is 2.03. The summed E-state index contributed by atoms with van der Waals surface area (Å²) in [7, 11) is 0. The molecule has 110 valence electrons. The van der Waals surface area contributed by atoms with Crippen LogP contribution in [0.1, 0.15) is 89.2 Å². The lowest BCUT2D eigenvalue weighted by molar-refractivity contribution is 0.575. The van der Waals surface area contributed by atoms with Gasteiger partial charge in [-0.25, -0.2) is 0 Å². The molecule has 0 saturated carbocycles. The van der Waals surface area contributed by atoms with Crippen molar-refractivity contribution >= 4 is 11.3 Å². The average molecular weight is 281 g/mol. The molecule has 0 N–H and O–H groups in total. The van der Waals surface area contributed by atoms with Crippen LogP contribution in [-0.4, -0.2) is 0 Å². The second-order valence-corrected chi connectivity index (χ2v) is 6.49. The average Bonchev–Trinajstić information content (AvgIpc) is 2.87. The Labute approximate surface area is 124 Å². The van der Waals surface area contributed by atoms with E-state index >= 15 is 0 Å². The highest BCUT2D eigenvalue weighted by Crippen LogP contribution is 2.20. The molecule has 0 bridgehead atoms. The Morgan fingerprint density at radius 1 is 0.632 bits per heavy atom. The number of hydrogen-bond acceptors (Lipinski definition) is 1. The summed E-state index contributed by atoms with van der Waals surface area (Å²) in [6.45, 7) is 4.57. The summed E-state index contributed by atoms with van der Waals surface area (Å²) in [6, 6.07) is 0. The third kappa shape index (κ3) is 7.77. The first-order valence-corrected chi connectivity index (χ1v) is 9.36. The minimum absolute atomic E-state index is 1.30. The molecule has 0 nitrogen and oxygen atoms in total. The Morgan fingerprint density at radius 3 is 1.68 bits per heavy atom. The zero-order valence-corrected chi connectivity index (χ0v) is 13.9. The maximum absolute atomic E-state index is 2.38. The maximum atomic E-state index is 2.38. The first-order chi connectivity index (χ1) is 9.38. The van der Waals surface area contributed by atoms with Gasteiger partial charge < -0.3 is 0 Å². The van der Waals surface area contributed by atoms with E-state index in [9.17, 15) is 0 Å². The second kappa shape index (κ2) is 11.5. The zero-order valence-electron chi connectivity index (χ0n) is 13.0. The number of hydrogen-bond donors (Lipinski definition) is 0. The van der Waals surface area contributed by atoms with Crippen LogP contribution in [-0.2, 0) is 12.8 Å². The minimum atomic E-state index is 1.30. The highest BCUT2D eigenvalue weighted by molar-refractivity contribution is 7.08. The Bertz CT molecular complexity index is 300. The third-order valence-electron chi connectivity index (χ3n) is 3.93. The van der Waals surface area contributed by atoms with Crippen molar-refractivity contribution in [2.45, 2.75) is 90.9 Å². The van der Waals surface area contributed by atoms with Gasteiger partial charge in [0.15, 0.2) is 0 Å². The first-order valence-electron chi connectivity index (χ1n) is 8.42. The smallest absolute Gasteiger partial charge is 0.00584 e. The van der Waals surface area contributed by atoms with Crippen molar-refractivity contribution in [1.29, 1.82) is 0 Å². The largest absolute Gasteiger partial charge is 0.152 e. The summed E-state index contributed by atoms with van der Waals surface area (Å²) < 4.78 is 0. The minimum Gasteiger partial charge on any atom is -0.152 e. The van der Waals surface area contributed by atoms with Crippen LogP contribution >= 0.6 is 11.3 Å². The van der Waals surface area contributed by atoms with Crippen LogP contribution in [0.25, 0.3) is 0 Å². The molecule has 0 amide bonds. The Hall–Kier alpha value is -0.300. The van der Waals surface area contributed by atoms with Gasteiger partial charge in [0, 0.05) is 0 Å². The van der Waals surface area contributed by atoms with Crippen LogP contribution in [0, 0.1) is 0 Å². The summed E-state index contributed by atoms with van der Waals surface area (Å²) in [5, 5.41) is 4.75. The molecule has 0 saturated heterocycles. The van der Waals surface area contributed by atoms with Gasteiger partial charge in [-0.05, 0) is 47.6 Å². The first kappa shape index (κ1) is 16.8. The van der Waals surface area contributed by atoms with E-state index in [4.69, 9.17) is 0 Å². The van der Waals surface area contributed by atoms with Crippen molar-refractivity contribution < 1.29 is 0 Å². The van der Waals surface area contributed by atoms with Crippen LogP contribution in [0.3, 0.4) is 0 Å². The predicted molar refractivity (Wildman–Crippen MR) is 89.2 cm³/mol. The summed E-state index contributed by atoms with van der Waals surface area (Å²) >= 11 is 1.89. The molecule has 1 rings (SSSR count). The fourth-order valence-corrected chi connectivity index (χ4v) is 3.54. The molecular formula is C18H32S. The monoisotopic (exact) mass is 280 g/mol. The molecule has 0 aliphatic carbocycles. The molecule has 0 aliphatic rings. The van der Waals surface area contributed by atoms with Crippen LogP contribution in [0.4, 0.5) is 0 Å². The molecule has 1 aromatic heterocycles. The van der Waals surface area contributed by atoms with Gasteiger partial charge in [-0.15, -0.1) is 0 Å². The third-order valence-corrected chi connectivity index (χ3v) is 4.77. The molecular weight excluding hydrogens is 248 g/mol. The van der Waals surface area contributed by atoms with Crippen molar-refractivity contribution in [2.75, 3.05) is 0 Å². The van der Waals surface area contributed by atoms with Crippen LogP contribution in [0.2, 0.25) is 0 Å². The SMILES string of the molecule is CCCCCCCCCCc1cscc1CCCC. The number of rotatable bonds is 12. The van der Waals surface area contributed by atoms with E-state index in [-0.39, 0.29) is 0 Å². The van der Waals surface area contributed by atoms with Crippen molar-refractivity contribution in [3.05, 3.63) is 21.9 Å². The Morgan fingerprint density at radius 2 is 1.11 bits per heavy atom. The number of aryl methyl sites for hydroxylation is 2. The molecule has 0 spiro atoms. The van der Waals surface area contributed by atoms with Crippen molar-refractivity contribution in [3.8, 4) is 0 Å². The molecule has 0 fully saturated rings. The Kier molecular flexibility index (Phi) is 10.2. The van der Waals surface area contributed by atoms with E-state index in [0.29, 0.717) is 0 Å². The van der Waals surface area contributed by atoms with Crippen molar-refractivity contribution in [2.24, 2.45) is 0 Å². The van der Waals surface area contributed by atoms with Gasteiger partial charge >= 0.3 is 0 Å². The second-order valence-electron chi connectivity index (χ2n) is 5.75. The molecule has 0 aromatic carbocycles. The molecule has 19 heavy (non-hydrogen) atoms. The number of unbranched alkanes of at least 4 members (excludes halogenated alkanes) is 8. The van der Waals surface area contributed by atoms with Gasteiger partial charge in [0.05, 0.1) is 0 Å². The molecule has 1 aromatic rings. The van der Waals surface area contributed by atoms with Crippen molar-refractivity contribution in [3.63, 3.8) is 0 Å². The van der Waals surface area contributed by atoms with E-state index in [2.05, 4.69) is 24.6 Å². The van der Waals surface area contributed by atoms with Crippen LogP contribution in [0.5, 0.6) is 0 Å². The molecule has 1 heteroatoms. The van der Waals surface area contributed by atoms with E-state index in [1.807, 2.05) is 11.3 Å². The topological polar surface area (TPSA) is 0 Å². The molecule has 0 radical (unpaired) electrons. The fourth-order valence-electron chi connectivity index (χ4n) is 2.61. The van der Waals surface area contributed by atoms with Crippen molar-refractivity contribution in [1.82, 2.24) is 0 Å². The highest BCUT2D eigenvalue weighted by atomic mass is 32.1. The normalized spacial score (nSPS) is 11.1. The van der Waals surface area contributed by atoms with Gasteiger partial charge in [-0.3, -0.25) is 0 Å². The van der Waals surface area contributed by atoms with E-state index in [1.165, 1.54) is 77.0 Å². The summed E-state index contributed by atoms with van der Waals surface area (Å²) in [5.41, 5.74) is 3.28. The molecule has 0 unspecified atom stereocenters. The van der Waals surface area contributed by atoms with Gasteiger partial charge in [-0.1, -0.05) is 65.2 Å². The molecule has 1 heterocycles. The summed E-state index contributed by atoms with van der Waals surface area (Å²) in [5.74, 6) is 0. The lowest BCUT2D eigenvalue weighted by Crippen LogP contribution is -1.91. The van der Waals surface area contributed by atoms with E-state index in [0.717, 1.165) is 0 Å². The van der Waals surface area contributed by atoms with Crippen LogP contribution in [0.15, 0.2) is 10.8 Å². The van der Waals surface area contributed by atoms with Gasteiger partial charge in [-0.2, -0.15) is 11.3 Å². The van der Waals surface area contributed by atoms with Gasteiger partial charge in [0.2, 0.25) is 0 Å². The van der Waals surface area contributed by atoms with E-state index in [1.54, 1.807) is 11.1 Å². The quantitative estimate of drug-likeness (QED) is 0.370. The van der Waals surface area contributed by atoms with Gasteiger partial charge in [0.25, 0.3) is 0 Å². The fraction of sp³-hybridized carbons (Fsp3) is 0.778. The number of thiophene rings is 1. The maximum Gasteiger partial charge on any atom is -0.00584 e. The summed E-state index contributed by atoms with van der Waals surface area (Å²) in [6.07, 6.45) is 16.7. The molecule has 0 aliphatic heterocycles. The lowest BCUT2D eigenvalue weighted by atomic mass is 10.0. The van der Waals surface area contributed by atoms with E-state index < -0.39 is 0 Å². The molecule has 0 atom stereocenters. The van der Waals surface area contributed by atoms with Gasteiger partial charge in [0.1, 0.15) is 0 Å². The van der Waals surface area contributed by atoms with Crippen LogP contribution < -0.4 is 0 Å². The standard InChI is InChI=1S/C18H32S/c1-3-5-7-8-9-10-11-12-14-18-16-19-15-17(18)13-6-4-2/h15-16H,3-14H2,1-2H3. The lowest BCUT2D eigenvalue weighted by Gasteiger charge is -2.04. The summed E-state index contributed by atoms with van der Waals surface area (Å²) in [4.78, 5) is 0.